The van der Waals surface area contributed by atoms with Gasteiger partial charge in [-0.15, -0.1) is 0 Å². The van der Waals surface area contributed by atoms with E-state index in [1.54, 1.807) is 29.2 Å². The first kappa shape index (κ1) is 19.8. The fourth-order valence-electron chi connectivity index (χ4n) is 3.92. The summed E-state index contributed by atoms with van der Waals surface area (Å²) in [5, 5.41) is 9.01. The summed E-state index contributed by atoms with van der Waals surface area (Å²) in [5.74, 6) is 0.0739. The van der Waals surface area contributed by atoms with Gasteiger partial charge in [0.15, 0.2) is 5.78 Å². The molecular weight excluding hydrogens is 350 g/mol. The highest BCUT2D eigenvalue weighted by molar-refractivity contribution is 6.00. The van der Waals surface area contributed by atoms with Crippen LogP contribution in [-0.2, 0) is 0 Å². The predicted molar refractivity (Wildman–Crippen MR) is 108 cm³/mol. The Bertz CT molecular complexity index is 928. The van der Waals surface area contributed by atoms with Gasteiger partial charge in [0.2, 0.25) is 0 Å². The number of piperazine rings is 1. The number of amides is 1. The molecule has 5 heteroatoms. The Morgan fingerprint density at radius 2 is 1.64 bits per heavy atom. The van der Waals surface area contributed by atoms with Gasteiger partial charge in [0.25, 0.3) is 5.91 Å². The van der Waals surface area contributed by atoms with E-state index in [4.69, 9.17) is 5.26 Å². The van der Waals surface area contributed by atoms with Crippen molar-refractivity contribution in [2.24, 2.45) is 0 Å². The Hall–Kier alpha value is -2.97. The second-order valence-corrected chi connectivity index (χ2v) is 7.46. The third kappa shape index (κ3) is 4.29. The van der Waals surface area contributed by atoms with Crippen molar-refractivity contribution in [2.45, 2.75) is 20.8 Å². The number of ketones is 1. The van der Waals surface area contributed by atoms with Gasteiger partial charge >= 0.3 is 0 Å². The summed E-state index contributed by atoms with van der Waals surface area (Å²) in [6.07, 6.45) is 0. The Morgan fingerprint density at radius 3 is 2.25 bits per heavy atom. The third-order valence-electron chi connectivity index (χ3n) is 5.22. The van der Waals surface area contributed by atoms with Crippen LogP contribution in [0.15, 0.2) is 36.4 Å². The molecule has 144 valence electrons. The van der Waals surface area contributed by atoms with Crippen LogP contribution in [0.4, 0.5) is 0 Å². The largest absolute Gasteiger partial charge is 0.336 e. The number of nitriles is 1. The zero-order chi connectivity index (χ0) is 20.3. The van der Waals surface area contributed by atoms with Crippen molar-refractivity contribution in [1.82, 2.24) is 9.80 Å². The molecule has 1 fully saturated rings. The molecule has 0 bridgehead atoms. The number of nitrogens with zero attached hydrogens (tertiary/aromatic N) is 3. The number of carbonyl (C=O) groups excluding carboxylic acids is 2. The second kappa shape index (κ2) is 8.37. The Labute approximate surface area is 166 Å². The van der Waals surface area contributed by atoms with E-state index in [1.165, 1.54) is 5.56 Å². The summed E-state index contributed by atoms with van der Waals surface area (Å²) in [6, 6.07) is 12.9. The number of hydrogen-bond donors (Lipinski definition) is 0. The number of aryl methyl sites for hydroxylation is 3. The summed E-state index contributed by atoms with van der Waals surface area (Å²) < 4.78 is 0. The molecule has 1 aliphatic heterocycles. The number of rotatable bonds is 4. The van der Waals surface area contributed by atoms with Crippen molar-refractivity contribution in [3.05, 3.63) is 69.8 Å². The molecule has 1 saturated heterocycles. The first-order valence-electron chi connectivity index (χ1n) is 9.52. The zero-order valence-electron chi connectivity index (χ0n) is 16.7. The van der Waals surface area contributed by atoms with Gasteiger partial charge in [-0.3, -0.25) is 14.5 Å². The summed E-state index contributed by atoms with van der Waals surface area (Å²) in [5.41, 5.74) is 5.05. The molecule has 0 radical (unpaired) electrons. The van der Waals surface area contributed by atoms with Crippen molar-refractivity contribution in [3.63, 3.8) is 0 Å². The fraction of sp³-hybridized carbons (Fsp3) is 0.348. The normalized spacial score (nSPS) is 14.6. The minimum Gasteiger partial charge on any atom is -0.336 e. The van der Waals surface area contributed by atoms with Crippen LogP contribution in [0.5, 0.6) is 0 Å². The van der Waals surface area contributed by atoms with Crippen LogP contribution < -0.4 is 0 Å². The van der Waals surface area contributed by atoms with E-state index >= 15 is 0 Å². The van der Waals surface area contributed by atoms with E-state index in [2.05, 4.69) is 11.0 Å². The molecule has 0 aliphatic carbocycles. The molecule has 1 amide bonds. The number of hydrogen-bond acceptors (Lipinski definition) is 4. The monoisotopic (exact) mass is 375 g/mol. The quantitative estimate of drug-likeness (QED) is 0.770. The minimum atomic E-state index is -0.0618. The van der Waals surface area contributed by atoms with Crippen molar-refractivity contribution >= 4 is 11.7 Å². The molecule has 28 heavy (non-hydrogen) atoms. The number of benzene rings is 2. The Morgan fingerprint density at radius 1 is 1.00 bits per heavy atom. The molecule has 0 unspecified atom stereocenters. The second-order valence-electron chi connectivity index (χ2n) is 7.46. The van der Waals surface area contributed by atoms with E-state index in [1.807, 2.05) is 32.9 Å². The van der Waals surface area contributed by atoms with E-state index < -0.39 is 0 Å². The van der Waals surface area contributed by atoms with E-state index in [-0.39, 0.29) is 11.7 Å². The van der Waals surface area contributed by atoms with E-state index in [9.17, 15) is 9.59 Å². The van der Waals surface area contributed by atoms with Crippen molar-refractivity contribution in [2.75, 3.05) is 32.7 Å². The zero-order valence-corrected chi connectivity index (χ0v) is 16.7. The molecule has 0 aromatic heterocycles. The van der Waals surface area contributed by atoms with Crippen molar-refractivity contribution in [1.29, 1.82) is 5.26 Å². The number of carbonyl (C=O) groups is 2. The summed E-state index contributed by atoms with van der Waals surface area (Å²) in [7, 11) is 0. The summed E-state index contributed by atoms with van der Waals surface area (Å²) >= 11 is 0. The smallest absolute Gasteiger partial charge is 0.253 e. The SMILES string of the molecule is Cc1cc(C)c(C(=O)CN2CCN(C(=O)c3cccc(C#N)c3)CC2)c(C)c1. The van der Waals surface area contributed by atoms with Crippen LogP contribution in [-0.4, -0.2) is 54.2 Å². The molecule has 1 heterocycles. The number of Topliss-reactive ketones (excluding diaryl/α,β-unsaturated/α-hetero) is 1. The molecule has 1 aliphatic rings. The van der Waals surface area contributed by atoms with Gasteiger partial charge in [0.1, 0.15) is 0 Å². The van der Waals surface area contributed by atoms with Crippen LogP contribution in [0.2, 0.25) is 0 Å². The maximum Gasteiger partial charge on any atom is 0.253 e. The Kier molecular flexibility index (Phi) is 5.91. The van der Waals surface area contributed by atoms with Crippen LogP contribution in [0.1, 0.15) is 43.0 Å². The minimum absolute atomic E-state index is 0.0618. The average molecular weight is 375 g/mol. The summed E-state index contributed by atoms with van der Waals surface area (Å²) in [4.78, 5) is 29.4. The van der Waals surface area contributed by atoms with Gasteiger partial charge in [-0.25, -0.2) is 0 Å². The lowest BCUT2D eigenvalue weighted by molar-refractivity contribution is 0.0624. The lowest BCUT2D eigenvalue weighted by Gasteiger charge is -2.34. The molecule has 5 nitrogen and oxygen atoms in total. The van der Waals surface area contributed by atoms with Crippen molar-refractivity contribution in [3.8, 4) is 6.07 Å². The van der Waals surface area contributed by atoms with E-state index in [0.29, 0.717) is 43.9 Å². The van der Waals surface area contributed by atoms with Gasteiger partial charge in [0, 0.05) is 37.3 Å². The van der Waals surface area contributed by atoms with Gasteiger partial charge < -0.3 is 4.90 Å². The lowest BCUT2D eigenvalue weighted by Crippen LogP contribution is -2.50. The third-order valence-corrected chi connectivity index (χ3v) is 5.22. The maximum absolute atomic E-state index is 12.8. The van der Waals surface area contributed by atoms with Gasteiger partial charge in [-0.1, -0.05) is 23.8 Å². The highest BCUT2D eigenvalue weighted by atomic mass is 16.2. The van der Waals surface area contributed by atoms with Crippen LogP contribution in [0, 0.1) is 32.1 Å². The highest BCUT2D eigenvalue weighted by Gasteiger charge is 2.24. The van der Waals surface area contributed by atoms with Crippen LogP contribution in [0.25, 0.3) is 0 Å². The molecule has 2 aromatic rings. The topological polar surface area (TPSA) is 64.4 Å². The summed E-state index contributed by atoms with van der Waals surface area (Å²) in [6.45, 7) is 8.87. The molecule has 3 rings (SSSR count). The predicted octanol–water partition coefficient (Wildman–Crippen LogP) is 3.12. The first-order valence-corrected chi connectivity index (χ1v) is 9.52. The van der Waals surface area contributed by atoms with Gasteiger partial charge in [0.05, 0.1) is 18.2 Å². The van der Waals surface area contributed by atoms with Gasteiger partial charge in [-0.2, -0.15) is 5.26 Å². The Balaban J connectivity index is 1.60. The van der Waals surface area contributed by atoms with Gasteiger partial charge in [-0.05, 0) is 50.1 Å². The average Bonchev–Trinajstić information content (AvgIpc) is 2.67. The molecular formula is C23H25N3O2. The molecule has 2 aromatic carbocycles. The van der Waals surface area contributed by atoms with Crippen LogP contribution >= 0.6 is 0 Å². The molecule has 0 N–H and O–H groups in total. The van der Waals surface area contributed by atoms with Crippen molar-refractivity contribution < 1.29 is 9.59 Å². The van der Waals surface area contributed by atoms with E-state index in [0.717, 1.165) is 16.7 Å². The molecule has 0 spiro atoms. The molecule has 0 atom stereocenters. The van der Waals surface area contributed by atoms with Crippen LogP contribution in [0.3, 0.4) is 0 Å². The fourth-order valence-corrected chi connectivity index (χ4v) is 3.92. The highest BCUT2D eigenvalue weighted by Crippen LogP contribution is 2.18. The lowest BCUT2D eigenvalue weighted by atomic mass is 9.96. The molecule has 0 saturated carbocycles. The standard InChI is InChI=1S/C23H25N3O2/c1-16-11-17(2)22(18(3)12-16)21(27)15-25-7-9-26(10-8-25)23(28)20-6-4-5-19(13-20)14-24/h4-6,11-13H,7-10,15H2,1-3H3. The first-order chi connectivity index (χ1) is 13.4. The maximum atomic E-state index is 12.8.